The second-order valence-electron chi connectivity index (χ2n) is 7.85. The number of imidazole rings is 1. The molecule has 0 aliphatic heterocycles. The smallest absolute Gasteiger partial charge is 0.168 e. The summed E-state index contributed by atoms with van der Waals surface area (Å²) in [4.78, 5) is 9.22. The van der Waals surface area contributed by atoms with Crippen molar-refractivity contribution < 1.29 is 13.9 Å². The summed E-state index contributed by atoms with van der Waals surface area (Å²) in [6, 6.07) is 21.4. The minimum absolute atomic E-state index is 0.0523. The highest BCUT2D eigenvalue weighted by Crippen LogP contribution is 2.34. The lowest BCUT2D eigenvalue weighted by atomic mass is 10.1. The highest BCUT2D eigenvalue weighted by molar-refractivity contribution is 6.35. The van der Waals surface area contributed by atoms with Crippen LogP contribution in [-0.2, 0) is 6.61 Å². The fourth-order valence-electron chi connectivity index (χ4n) is 3.86. The maximum Gasteiger partial charge on any atom is 0.168 e. The van der Waals surface area contributed by atoms with Crippen LogP contribution in [0, 0.1) is 5.82 Å². The van der Waals surface area contributed by atoms with Gasteiger partial charge in [0.15, 0.2) is 17.3 Å². The zero-order valence-corrected chi connectivity index (χ0v) is 20.7. The number of hydrogen-bond acceptors (Lipinski definition) is 4. The molecule has 0 fully saturated rings. The zero-order valence-electron chi connectivity index (χ0n) is 19.2. The Morgan fingerprint density at radius 1 is 0.972 bits per heavy atom. The third kappa shape index (κ3) is 4.78. The van der Waals surface area contributed by atoms with E-state index in [0.717, 1.165) is 16.6 Å². The van der Waals surface area contributed by atoms with Gasteiger partial charge in [-0.15, -0.1) is 0 Å². The van der Waals surface area contributed by atoms with Gasteiger partial charge in [-0.3, -0.25) is 4.57 Å². The van der Waals surface area contributed by atoms with Crippen LogP contribution in [0.1, 0.15) is 17.0 Å². The number of hydrogen-bond donors (Lipinski definition) is 0. The van der Waals surface area contributed by atoms with E-state index in [0.29, 0.717) is 38.8 Å². The first kappa shape index (κ1) is 23.9. The van der Waals surface area contributed by atoms with Crippen molar-refractivity contribution in [3.63, 3.8) is 0 Å². The topological polar surface area (TPSA) is 49.2 Å². The van der Waals surface area contributed by atoms with E-state index in [4.69, 9.17) is 37.7 Å². The molecule has 2 heterocycles. The molecule has 8 heteroatoms. The lowest BCUT2D eigenvalue weighted by Crippen LogP contribution is -2.02. The number of pyridine rings is 1. The van der Waals surface area contributed by atoms with Crippen molar-refractivity contribution in [3.05, 3.63) is 112 Å². The molecule has 5 nitrogen and oxygen atoms in total. The van der Waals surface area contributed by atoms with Crippen LogP contribution in [0.2, 0.25) is 10.0 Å². The summed E-state index contributed by atoms with van der Waals surface area (Å²) in [5.74, 6) is 1.81. The van der Waals surface area contributed by atoms with Crippen LogP contribution in [-0.4, -0.2) is 21.6 Å². The molecule has 0 aliphatic carbocycles. The maximum absolute atomic E-state index is 14.1. The van der Waals surface area contributed by atoms with Crippen LogP contribution in [0.25, 0.3) is 29.0 Å². The average molecular weight is 520 g/mol. The van der Waals surface area contributed by atoms with Crippen LogP contribution in [0.3, 0.4) is 0 Å². The predicted octanol–water partition coefficient (Wildman–Crippen LogP) is 7.62. The van der Waals surface area contributed by atoms with Gasteiger partial charge >= 0.3 is 0 Å². The van der Waals surface area contributed by atoms with Crippen LogP contribution in [0.15, 0.2) is 79.0 Å². The normalized spacial score (nSPS) is 11.3. The summed E-state index contributed by atoms with van der Waals surface area (Å²) in [6.07, 6.45) is 5.25. The Morgan fingerprint density at radius 3 is 2.58 bits per heavy atom. The second kappa shape index (κ2) is 10.4. The third-order valence-corrected chi connectivity index (χ3v) is 6.04. The summed E-state index contributed by atoms with van der Waals surface area (Å²) in [6.45, 7) is 0.0523. The summed E-state index contributed by atoms with van der Waals surface area (Å²) in [5, 5.41) is 0.842. The standard InChI is InChI=1S/C28H20Cl2FN3O2/c1-35-25-12-6-8-18(27(25)36-17-19-7-2-3-9-22(19)31)13-14-26-33-23-10-4-5-11-24(23)34(26)28-21(30)15-20(29)16-32-28/h2-16H,17H2,1H3/b14-13+. The molecule has 0 amide bonds. The number of benzene rings is 3. The Balaban J connectivity index is 1.56. The van der Waals surface area contributed by atoms with Gasteiger partial charge in [-0.1, -0.05) is 65.7 Å². The molecular formula is C28H20Cl2FN3O2. The molecule has 180 valence electrons. The fraction of sp³-hybridized carbons (Fsp3) is 0.0714. The molecule has 36 heavy (non-hydrogen) atoms. The van der Waals surface area contributed by atoms with Crippen molar-refractivity contribution >= 4 is 46.4 Å². The summed E-state index contributed by atoms with van der Waals surface area (Å²) in [7, 11) is 1.56. The van der Waals surface area contributed by atoms with E-state index < -0.39 is 0 Å². The number of rotatable bonds is 7. The molecule has 3 aromatic carbocycles. The Bertz CT molecular complexity index is 1580. The molecule has 0 N–H and O–H groups in total. The van der Waals surface area contributed by atoms with Gasteiger partial charge in [-0.25, -0.2) is 14.4 Å². The number of halogens is 3. The van der Waals surface area contributed by atoms with E-state index in [9.17, 15) is 4.39 Å². The minimum Gasteiger partial charge on any atom is -0.493 e. The lowest BCUT2D eigenvalue weighted by Gasteiger charge is -2.14. The highest BCUT2D eigenvalue weighted by atomic mass is 35.5. The van der Waals surface area contributed by atoms with Gasteiger partial charge < -0.3 is 9.47 Å². The van der Waals surface area contributed by atoms with Crippen molar-refractivity contribution in [2.45, 2.75) is 6.61 Å². The van der Waals surface area contributed by atoms with Crippen LogP contribution < -0.4 is 9.47 Å². The summed E-state index contributed by atoms with van der Waals surface area (Å²) in [5.41, 5.74) is 2.81. The Kier molecular flexibility index (Phi) is 6.89. The van der Waals surface area contributed by atoms with E-state index in [-0.39, 0.29) is 12.4 Å². The predicted molar refractivity (Wildman–Crippen MR) is 142 cm³/mol. The van der Waals surface area contributed by atoms with Gasteiger partial charge in [0, 0.05) is 17.3 Å². The van der Waals surface area contributed by atoms with Crippen molar-refractivity contribution in [3.8, 4) is 17.3 Å². The fourth-order valence-corrected chi connectivity index (χ4v) is 4.32. The quantitative estimate of drug-likeness (QED) is 0.222. The van der Waals surface area contributed by atoms with Crippen molar-refractivity contribution in [2.75, 3.05) is 7.11 Å². The van der Waals surface area contributed by atoms with Gasteiger partial charge in [-0.2, -0.15) is 0 Å². The van der Waals surface area contributed by atoms with Crippen molar-refractivity contribution in [2.24, 2.45) is 0 Å². The number of methoxy groups -OCH3 is 1. The largest absolute Gasteiger partial charge is 0.493 e. The molecule has 0 bridgehead atoms. The Labute approximate surface area is 217 Å². The third-order valence-electron chi connectivity index (χ3n) is 5.56. The minimum atomic E-state index is -0.328. The molecule has 2 aromatic heterocycles. The number of nitrogens with zero attached hydrogens (tertiary/aromatic N) is 3. The number of para-hydroxylation sites is 3. The van der Waals surface area contributed by atoms with E-state index in [1.165, 1.54) is 6.07 Å². The highest BCUT2D eigenvalue weighted by Gasteiger charge is 2.16. The molecular weight excluding hydrogens is 500 g/mol. The van der Waals surface area contributed by atoms with Gasteiger partial charge in [-0.05, 0) is 42.5 Å². The molecule has 0 atom stereocenters. The van der Waals surface area contributed by atoms with E-state index in [1.54, 1.807) is 43.6 Å². The second-order valence-corrected chi connectivity index (χ2v) is 8.69. The molecule has 5 rings (SSSR count). The van der Waals surface area contributed by atoms with Crippen LogP contribution in [0.4, 0.5) is 4.39 Å². The number of aromatic nitrogens is 3. The lowest BCUT2D eigenvalue weighted by molar-refractivity contribution is 0.279. The SMILES string of the molecule is COc1cccc(/C=C/c2nc3ccccc3n2-c2ncc(Cl)cc2Cl)c1OCc1ccccc1F. The molecule has 0 saturated heterocycles. The van der Waals surface area contributed by atoms with E-state index in [1.807, 2.05) is 53.1 Å². The molecule has 0 aliphatic rings. The van der Waals surface area contributed by atoms with Gasteiger partial charge in [0.25, 0.3) is 0 Å². The molecule has 0 unspecified atom stereocenters. The molecule has 0 saturated carbocycles. The first-order valence-corrected chi connectivity index (χ1v) is 11.8. The van der Waals surface area contributed by atoms with Gasteiger partial charge in [0.1, 0.15) is 18.2 Å². The van der Waals surface area contributed by atoms with Crippen molar-refractivity contribution in [1.82, 2.24) is 14.5 Å². The summed E-state index contributed by atoms with van der Waals surface area (Å²) < 4.78 is 27.6. The number of ether oxygens (including phenoxy) is 2. The molecule has 5 aromatic rings. The molecule has 0 spiro atoms. The first-order valence-electron chi connectivity index (χ1n) is 11.1. The maximum atomic E-state index is 14.1. The number of fused-ring (bicyclic) bond motifs is 1. The van der Waals surface area contributed by atoms with Crippen molar-refractivity contribution in [1.29, 1.82) is 0 Å². The Hall–Kier alpha value is -3.87. The monoisotopic (exact) mass is 519 g/mol. The van der Waals surface area contributed by atoms with Gasteiger partial charge in [0.05, 0.1) is 28.2 Å². The average Bonchev–Trinajstić information content (AvgIpc) is 3.25. The molecule has 0 radical (unpaired) electrons. The zero-order chi connectivity index (χ0) is 25.1. The van der Waals surface area contributed by atoms with Crippen LogP contribution >= 0.6 is 23.2 Å². The van der Waals surface area contributed by atoms with E-state index >= 15 is 0 Å². The van der Waals surface area contributed by atoms with Crippen LogP contribution in [0.5, 0.6) is 11.5 Å². The van der Waals surface area contributed by atoms with E-state index in [2.05, 4.69) is 4.98 Å². The first-order chi connectivity index (χ1) is 17.5. The van der Waals surface area contributed by atoms with Gasteiger partial charge in [0.2, 0.25) is 0 Å². The summed E-state index contributed by atoms with van der Waals surface area (Å²) >= 11 is 12.6. The Morgan fingerprint density at radius 2 is 1.78 bits per heavy atom.